The van der Waals surface area contributed by atoms with E-state index in [0.29, 0.717) is 11.4 Å². The van der Waals surface area contributed by atoms with Gasteiger partial charge in [-0.3, -0.25) is 0 Å². The van der Waals surface area contributed by atoms with E-state index in [1.165, 1.54) is 0 Å². The van der Waals surface area contributed by atoms with Crippen molar-refractivity contribution in [3.8, 4) is 0 Å². The van der Waals surface area contributed by atoms with Crippen molar-refractivity contribution in [2.24, 2.45) is 0 Å². The maximum atomic E-state index is 9.99. The lowest BCUT2D eigenvalue weighted by atomic mass is 9.64. The van der Waals surface area contributed by atoms with Crippen LogP contribution < -0.4 is 5.46 Å². The maximum absolute atomic E-state index is 9.99. The molecule has 1 aliphatic rings. The molecule has 2 rings (SSSR count). The fraction of sp³-hybridized carbons (Fsp3) is 0.500. The normalized spacial score (nSPS) is 22.8. The molecule has 0 saturated heterocycles. The van der Waals surface area contributed by atoms with E-state index in [-0.39, 0.29) is 0 Å². The molecule has 5 heteroatoms. The monoisotopic (exact) mass is 229 g/mol. The van der Waals surface area contributed by atoms with Gasteiger partial charge in [0.25, 0.3) is 0 Å². The Balaban J connectivity index is 2.40. The highest BCUT2D eigenvalue weighted by molar-refractivity contribution is 6.57. The zero-order valence-corrected chi connectivity index (χ0v) is 10.0. The lowest BCUT2D eigenvalue weighted by Crippen LogP contribution is -2.50. The molecule has 2 unspecified atom stereocenters. The molecule has 17 heavy (non-hydrogen) atoms. The smallest absolute Gasteiger partial charge is 0.184 e. The third-order valence-corrected chi connectivity index (χ3v) is 3.31. The Labute approximate surface area is 103 Å². The van der Waals surface area contributed by atoms with Gasteiger partial charge >= 0.3 is 0 Å². The second-order valence-electron chi connectivity index (χ2n) is 5.05. The highest BCUT2D eigenvalue weighted by atomic mass is 16.5. The summed E-state index contributed by atoms with van der Waals surface area (Å²) in [6.07, 6.45) is 0.882. The largest absolute Gasteiger partial charge is 0.390 e. The highest BCUT2D eigenvalue weighted by Crippen LogP contribution is 2.30. The van der Waals surface area contributed by atoms with Gasteiger partial charge in [-0.15, -0.1) is 0 Å². The number of benzene rings is 1. The molecule has 3 radical (unpaired) electrons. The molecule has 0 saturated carbocycles. The summed E-state index contributed by atoms with van der Waals surface area (Å²) in [7, 11) is 7.73. The van der Waals surface area contributed by atoms with Gasteiger partial charge in [0.1, 0.15) is 7.85 Å². The van der Waals surface area contributed by atoms with E-state index < -0.39 is 11.3 Å². The first-order chi connectivity index (χ1) is 7.72. The molecule has 1 heterocycles. The fourth-order valence-electron chi connectivity index (χ4n) is 2.17. The average molecular weight is 229 g/mol. The summed E-state index contributed by atoms with van der Waals surface area (Å²) >= 11 is 0. The van der Waals surface area contributed by atoms with Crippen LogP contribution in [0.5, 0.6) is 0 Å². The minimum Gasteiger partial charge on any atom is -0.390 e. The van der Waals surface area contributed by atoms with Crippen molar-refractivity contribution in [2.45, 2.75) is 37.4 Å². The minimum atomic E-state index is -2.38. The van der Waals surface area contributed by atoms with Crippen LogP contribution in [0.3, 0.4) is 0 Å². The van der Waals surface area contributed by atoms with Crippen LogP contribution >= 0.6 is 0 Å². The Hall–Kier alpha value is -0.770. The zero-order chi connectivity index (χ0) is 12.8. The van der Waals surface area contributed by atoms with Crippen molar-refractivity contribution < 1.29 is 15.3 Å². The summed E-state index contributed by atoms with van der Waals surface area (Å²) in [4.78, 5) is 0. The summed E-state index contributed by atoms with van der Waals surface area (Å²) < 4.78 is 0. The summed E-state index contributed by atoms with van der Waals surface area (Å²) in [5, 5.41) is 28.9. The van der Waals surface area contributed by atoms with Gasteiger partial charge in [0.15, 0.2) is 13.1 Å². The van der Waals surface area contributed by atoms with Gasteiger partial charge in [0.2, 0.25) is 0 Å². The molecule has 0 aromatic heterocycles. The van der Waals surface area contributed by atoms with Crippen LogP contribution in [-0.4, -0.2) is 36.2 Å². The van der Waals surface area contributed by atoms with Crippen molar-refractivity contribution in [3.05, 3.63) is 29.3 Å². The fourth-order valence-corrected chi connectivity index (χ4v) is 2.17. The molecule has 0 spiro atoms. The van der Waals surface area contributed by atoms with Crippen LogP contribution in [0.15, 0.2) is 18.2 Å². The highest BCUT2D eigenvalue weighted by Gasteiger charge is 2.41. The van der Waals surface area contributed by atoms with Crippen molar-refractivity contribution >= 4 is 20.6 Å². The molecule has 1 aliphatic heterocycles. The predicted octanol–water partition coefficient (Wildman–Crippen LogP) is -0.605. The van der Waals surface area contributed by atoms with Crippen molar-refractivity contribution in [1.82, 2.24) is 0 Å². The second kappa shape index (κ2) is 3.87. The standard InChI is InChI=1S/C12H15B2O3/c1-7-5-8-6-9(3-4-10(8)14-7)12(13,17)11(2,15)16/h3-4,6-7,15-17H,5H2,1-2H3. The summed E-state index contributed by atoms with van der Waals surface area (Å²) in [5.41, 5.74) is 0.331. The van der Waals surface area contributed by atoms with Gasteiger partial charge in [-0.25, -0.2) is 0 Å². The van der Waals surface area contributed by atoms with Gasteiger partial charge in [0, 0.05) is 0 Å². The predicted molar refractivity (Wildman–Crippen MR) is 67.5 cm³/mol. The maximum Gasteiger partial charge on any atom is 0.184 e. The van der Waals surface area contributed by atoms with E-state index in [9.17, 15) is 15.3 Å². The molecule has 3 nitrogen and oxygen atoms in total. The van der Waals surface area contributed by atoms with Crippen LogP contribution in [0.2, 0.25) is 5.82 Å². The van der Waals surface area contributed by atoms with E-state index in [0.717, 1.165) is 24.4 Å². The SMILES string of the molecule is [B]C(O)(c1ccc2c(c1)CC(C)[B]2)C(C)(O)O. The lowest BCUT2D eigenvalue weighted by Gasteiger charge is -2.35. The number of fused-ring (bicyclic) bond motifs is 1. The van der Waals surface area contributed by atoms with E-state index in [1.54, 1.807) is 12.1 Å². The topological polar surface area (TPSA) is 60.7 Å². The number of rotatable bonds is 2. The average Bonchev–Trinajstić information content (AvgIpc) is 2.54. The van der Waals surface area contributed by atoms with Crippen molar-refractivity contribution in [2.75, 3.05) is 0 Å². The molecule has 0 aliphatic carbocycles. The van der Waals surface area contributed by atoms with Crippen molar-refractivity contribution in [3.63, 3.8) is 0 Å². The third-order valence-electron chi connectivity index (χ3n) is 3.31. The van der Waals surface area contributed by atoms with Gasteiger partial charge in [0.05, 0.1) is 5.50 Å². The molecular weight excluding hydrogens is 214 g/mol. The summed E-state index contributed by atoms with van der Waals surface area (Å²) in [6.45, 7) is 3.17. The van der Waals surface area contributed by atoms with Crippen LogP contribution in [0.25, 0.3) is 0 Å². The molecular formula is C12H15B2O3. The molecule has 0 fully saturated rings. The van der Waals surface area contributed by atoms with Gasteiger partial charge < -0.3 is 15.3 Å². The van der Waals surface area contributed by atoms with Gasteiger partial charge in [-0.2, -0.15) is 0 Å². The Kier molecular flexibility index (Phi) is 2.89. The van der Waals surface area contributed by atoms with Crippen LogP contribution in [0.1, 0.15) is 25.0 Å². The first kappa shape index (κ1) is 12.7. The Morgan fingerprint density at radius 3 is 2.59 bits per heavy atom. The number of aliphatic hydroxyl groups is 3. The van der Waals surface area contributed by atoms with E-state index in [4.69, 9.17) is 7.85 Å². The van der Waals surface area contributed by atoms with Crippen LogP contribution in [0, 0.1) is 0 Å². The molecule has 1 aromatic rings. The second-order valence-corrected chi connectivity index (χ2v) is 5.05. The molecule has 2 atom stereocenters. The van der Waals surface area contributed by atoms with E-state index in [2.05, 4.69) is 14.2 Å². The first-order valence-corrected chi connectivity index (χ1v) is 5.66. The summed E-state index contributed by atoms with van der Waals surface area (Å²) in [6, 6.07) is 5.20. The number of hydrogen-bond acceptors (Lipinski definition) is 3. The molecule has 1 aromatic carbocycles. The molecule has 0 bridgehead atoms. The molecule has 0 amide bonds. The third kappa shape index (κ3) is 2.15. The summed E-state index contributed by atoms with van der Waals surface area (Å²) in [5.74, 6) is -1.92. The quantitative estimate of drug-likeness (QED) is 0.468. The Bertz CT molecular complexity index is 438. The zero-order valence-electron chi connectivity index (χ0n) is 10.0. The molecule has 3 N–H and O–H groups in total. The molecule has 87 valence electrons. The lowest BCUT2D eigenvalue weighted by molar-refractivity contribution is -0.234. The Morgan fingerprint density at radius 1 is 1.35 bits per heavy atom. The van der Waals surface area contributed by atoms with Crippen LogP contribution in [0.4, 0.5) is 0 Å². The van der Waals surface area contributed by atoms with E-state index >= 15 is 0 Å². The Morgan fingerprint density at radius 2 is 2.00 bits per heavy atom. The first-order valence-electron chi connectivity index (χ1n) is 5.66. The van der Waals surface area contributed by atoms with Crippen LogP contribution in [-0.2, 0) is 11.9 Å². The van der Waals surface area contributed by atoms with Gasteiger partial charge in [-0.1, -0.05) is 42.0 Å². The minimum absolute atomic E-state index is 0.311. The van der Waals surface area contributed by atoms with Crippen molar-refractivity contribution in [1.29, 1.82) is 0 Å². The van der Waals surface area contributed by atoms with Gasteiger partial charge in [-0.05, 0) is 18.9 Å². The van der Waals surface area contributed by atoms with E-state index in [1.807, 2.05) is 6.07 Å². The number of hydrogen-bond donors (Lipinski definition) is 3.